The van der Waals surface area contributed by atoms with Crippen molar-refractivity contribution in [1.29, 1.82) is 0 Å². The summed E-state index contributed by atoms with van der Waals surface area (Å²) >= 11 is 11.8. The van der Waals surface area contributed by atoms with Crippen LogP contribution in [0.4, 0.5) is 5.69 Å². The zero-order chi connectivity index (χ0) is 19.8. The third-order valence-corrected chi connectivity index (χ3v) is 4.87. The number of rotatable bonds is 4. The van der Waals surface area contributed by atoms with Crippen LogP contribution in [0.3, 0.4) is 0 Å². The lowest BCUT2D eigenvalue weighted by molar-refractivity contribution is -0.116. The predicted octanol–water partition coefficient (Wildman–Crippen LogP) is 2.81. The number of nitrogens with one attached hydrogen (secondary N) is 1. The lowest BCUT2D eigenvalue weighted by atomic mass is 10.1. The van der Waals surface area contributed by atoms with E-state index >= 15 is 0 Å². The van der Waals surface area contributed by atoms with Crippen molar-refractivity contribution < 1.29 is 14.4 Å². The fraction of sp³-hybridized carbons (Fsp3) is 0.0556. The number of amides is 3. The fourth-order valence-corrected chi connectivity index (χ4v) is 3.14. The topological polar surface area (TPSA) is 97.2 Å². The largest absolute Gasteiger partial charge is 0.325 e. The van der Waals surface area contributed by atoms with Crippen LogP contribution in [0.2, 0.25) is 10.0 Å². The van der Waals surface area contributed by atoms with Crippen LogP contribution in [-0.4, -0.2) is 43.9 Å². The minimum atomic E-state index is -0.588. The molecule has 140 valence electrons. The van der Waals surface area contributed by atoms with Crippen molar-refractivity contribution in [3.63, 3.8) is 0 Å². The molecule has 0 unspecified atom stereocenters. The molecule has 0 bridgehead atoms. The average molecular weight is 416 g/mol. The molecule has 2 aromatic carbocycles. The molecule has 2 heterocycles. The van der Waals surface area contributed by atoms with Crippen molar-refractivity contribution >= 4 is 46.6 Å². The van der Waals surface area contributed by atoms with E-state index in [-0.39, 0.29) is 21.2 Å². The predicted molar refractivity (Wildman–Crippen MR) is 102 cm³/mol. The van der Waals surface area contributed by atoms with Crippen LogP contribution >= 0.6 is 23.2 Å². The van der Waals surface area contributed by atoms with Crippen molar-refractivity contribution in [3.8, 4) is 5.69 Å². The Morgan fingerprint density at radius 1 is 1.00 bits per heavy atom. The highest BCUT2D eigenvalue weighted by atomic mass is 35.5. The second kappa shape index (κ2) is 7.06. The molecule has 8 nitrogen and oxygen atoms in total. The molecule has 0 aliphatic carbocycles. The molecule has 1 aliphatic heterocycles. The Hall–Kier alpha value is -3.23. The molecule has 0 saturated carbocycles. The van der Waals surface area contributed by atoms with Gasteiger partial charge >= 0.3 is 0 Å². The normalized spacial score (nSPS) is 13.0. The summed E-state index contributed by atoms with van der Waals surface area (Å²) in [5.41, 5.74) is 1.54. The third kappa shape index (κ3) is 3.23. The molecule has 1 aromatic heterocycles. The van der Waals surface area contributed by atoms with Crippen molar-refractivity contribution in [2.24, 2.45) is 0 Å². The lowest BCUT2D eigenvalue weighted by Gasteiger charge is -2.13. The first kappa shape index (κ1) is 18.1. The van der Waals surface area contributed by atoms with Gasteiger partial charge in [0.2, 0.25) is 5.91 Å². The van der Waals surface area contributed by atoms with E-state index in [1.807, 2.05) is 0 Å². The van der Waals surface area contributed by atoms with Gasteiger partial charge in [-0.25, -0.2) is 9.67 Å². The molecule has 0 spiro atoms. The first-order valence-corrected chi connectivity index (χ1v) is 8.80. The maximum absolute atomic E-state index is 12.4. The second-order valence-electron chi connectivity index (χ2n) is 5.94. The minimum Gasteiger partial charge on any atom is -0.325 e. The number of nitrogens with zero attached hydrogens (tertiary/aromatic N) is 4. The Labute approximate surface area is 168 Å². The molecule has 0 saturated heterocycles. The van der Waals surface area contributed by atoms with Gasteiger partial charge < -0.3 is 5.32 Å². The number of aromatic nitrogens is 3. The number of halogens is 2. The van der Waals surface area contributed by atoms with E-state index in [1.165, 1.54) is 18.5 Å². The molecule has 3 aromatic rings. The maximum atomic E-state index is 12.4. The highest BCUT2D eigenvalue weighted by Crippen LogP contribution is 2.31. The number of fused-ring (bicyclic) bond motifs is 1. The van der Waals surface area contributed by atoms with E-state index in [0.29, 0.717) is 5.69 Å². The highest BCUT2D eigenvalue weighted by molar-refractivity contribution is 6.43. The van der Waals surface area contributed by atoms with Crippen molar-refractivity contribution in [1.82, 2.24) is 19.7 Å². The van der Waals surface area contributed by atoms with Crippen LogP contribution in [-0.2, 0) is 4.79 Å². The quantitative estimate of drug-likeness (QED) is 0.660. The Balaban J connectivity index is 1.45. The van der Waals surface area contributed by atoms with Gasteiger partial charge in [-0.2, -0.15) is 5.10 Å². The molecule has 28 heavy (non-hydrogen) atoms. The van der Waals surface area contributed by atoms with Crippen molar-refractivity contribution in [2.45, 2.75) is 0 Å². The molecule has 10 heteroatoms. The van der Waals surface area contributed by atoms with Gasteiger partial charge in [0.05, 0.1) is 26.9 Å². The summed E-state index contributed by atoms with van der Waals surface area (Å²) in [6.45, 7) is -0.424. The van der Waals surface area contributed by atoms with Crippen LogP contribution in [0.5, 0.6) is 0 Å². The van der Waals surface area contributed by atoms with Crippen LogP contribution in [0.1, 0.15) is 20.7 Å². The number of anilines is 1. The van der Waals surface area contributed by atoms with Gasteiger partial charge in [-0.15, -0.1) is 0 Å². The van der Waals surface area contributed by atoms with Gasteiger partial charge in [-0.3, -0.25) is 19.3 Å². The van der Waals surface area contributed by atoms with Crippen molar-refractivity contribution in [3.05, 3.63) is 70.2 Å². The number of carbonyl (C=O) groups is 3. The molecule has 0 fully saturated rings. The SMILES string of the molecule is O=C(CN1C(=O)c2cc(Cl)c(Cl)cc2C1=O)Nc1ccc(-n2cncn2)cc1. The van der Waals surface area contributed by atoms with Gasteiger partial charge in [0, 0.05) is 5.69 Å². The molecule has 1 N–H and O–H groups in total. The van der Waals surface area contributed by atoms with Crippen molar-refractivity contribution in [2.75, 3.05) is 11.9 Å². The third-order valence-electron chi connectivity index (χ3n) is 4.15. The first-order valence-electron chi connectivity index (χ1n) is 8.04. The lowest BCUT2D eigenvalue weighted by Crippen LogP contribution is -2.37. The van der Waals surface area contributed by atoms with Gasteiger partial charge in [0.15, 0.2) is 0 Å². The van der Waals surface area contributed by atoms with Crippen LogP contribution in [0.25, 0.3) is 5.69 Å². The molecule has 3 amide bonds. The van der Waals surface area contributed by atoms with Gasteiger partial charge in [0.1, 0.15) is 19.2 Å². The number of imide groups is 1. The molecular formula is C18H11Cl2N5O3. The summed E-state index contributed by atoms with van der Waals surface area (Å²) in [6.07, 6.45) is 2.96. The molecule has 0 atom stereocenters. The zero-order valence-corrected chi connectivity index (χ0v) is 15.6. The Morgan fingerprint density at radius 2 is 1.61 bits per heavy atom. The summed E-state index contributed by atoms with van der Waals surface area (Å²) in [6, 6.07) is 9.51. The number of benzene rings is 2. The average Bonchev–Trinajstić information content (AvgIpc) is 3.28. The summed E-state index contributed by atoms with van der Waals surface area (Å²) < 4.78 is 1.57. The van der Waals surface area contributed by atoms with E-state index in [9.17, 15) is 14.4 Å². The van der Waals surface area contributed by atoms with E-state index in [1.54, 1.807) is 35.3 Å². The summed E-state index contributed by atoms with van der Waals surface area (Å²) in [5.74, 6) is -1.69. The molecular weight excluding hydrogens is 405 g/mol. The minimum absolute atomic E-state index is 0.129. The van der Waals surface area contributed by atoms with Gasteiger partial charge in [-0.1, -0.05) is 23.2 Å². The maximum Gasteiger partial charge on any atom is 0.262 e. The standard InChI is InChI=1S/C18H11Cl2N5O3/c19-14-5-12-13(6-15(14)20)18(28)24(17(12)27)7-16(26)23-10-1-3-11(4-2-10)25-9-21-8-22-25/h1-6,8-9H,7H2,(H,23,26). The summed E-state index contributed by atoms with van der Waals surface area (Å²) in [7, 11) is 0. The Kier molecular flexibility index (Phi) is 4.58. The fourth-order valence-electron chi connectivity index (χ4n) is 2.81. The number of hydrogen-bond donors (Lipinski definition) is 1. The molecule has 1 aliphatic rings. The second-order valence-corrected chi connectivity index (χ2v) is 6.76. The van der Waals surface area contributed by atoms with Crippen LogP contribution in [0.15, 0.2) is 49.1 Å². The smallest absolute Gasteiger partial charge is 0.262 e. The number of carbonyl (C=O) groups excluding carboxylic acids is 3. The van der Waals surface area contributed by atoms with E-state index in [4.69, 9.17) is 23.2 Å². The van der Waals surface area contributed by atoms with E-state index in [2.05, 4.69) is 15.4 Å². The monoisotopic (exact) mass is 415 g/mol. The van der Waals surface area contributed by atoms with Crippen LogP contribution < -0.4 is 5.32 Å². The Morgan fingerprint density at radius 3 is 2.14 bits per heavy atom. The highest BCUT2D eigenvalue weighted by Gasteiger charge is 2.37. The van der Waals surface area contributed by atoms with Gasteiger partial charge in [0.25, 0.3) is 11.8 Å². The van der Waals surface area contributed by atoms with Gasteiger partial charge in [-0.05, 0) is 36.4 Å². The zero-order valence-electron chi connectivity index (χ0n) is 14.1. The van der Waals surface area contributed by atoms with E-state index in [0.717, 1.165) is 10.6 Å². The number of hydrogen-bond acceptors (Lipinski definition) is 5. The van der Waals surface area contributed by atoms with Crippen LogP contribution in [0, 0.1) is 0 Å². The Bertz CT molecular complexity index is 1060. The molecule has 4 rings (SSSR count). The first-order chi connectivity index (χ1) is 13.4. The summed E-state index contributed by atoms with van der Waals surface area (Å²) in [4.78, 5) is 41.9. The molecule has 0 radical (unpaired) electrons. The summed E-state index contributed by atoms with van der Waals surface area (Å²) in [5, 5.41) is 7.00. The van der Waals surface area contributed by atoms with E-state index < -0.39 is 24.3 Å².